The van der Waals surface area contributed by atoms with Gasteiger partial charge in [-0.1, -0.05) is 6.07 Å². The van der Waals surface area contributed by atoms with Crippen LogP contribution in [0.25, 0.3) is 0 Å². The second kappa shape index (κ2) is 4.26. The molecule has 2 heterocycles. The van der Waals surface area contributed by atoms with E-state index in [4.69, 9.17) is 0 Å². The van der Waals surface area contributed by atoms with E-state index < -0.39 is 0 Å². The molecule has 4 nitrogen and oxygen atoms in total. The Balaban J connectivity index is 2.18. The molecule has 16 heavy (non-hydrogen) atoms. The predicted molar refractivity (Wildman–Crippen MR) is 60.2 cm³/mol. The number of carbonyl (C=O) groups is 1. The first kappa shape index (κ1) is 10.5. The van der Waals surface area contributed by atoms with Gasteiger partial charge in [-0.2, -0.15) is 5.10 Å². The highest BCUT2D eigenvalue weighted by Gasteiger charge is 2.12. The van der Waals surface area contributed by atoms with Gasteiger partial charge in [0.1, 0.15) is 5.69 Å². The molecule has 0 amide bonds. The van der Waals surface area contributed by atoms with Gasteiger partial charge in [0.05, 0.1) is 12.1 Å². The predicted octanol–water partition coefficient (Wildman–Crippen LogP) is 1.55. The van der Waals surface area contributed by atoms with Crippen molar-refractivity contribution in [2.45, 2.75) is 13.3 Å². The zero-order valence-electron chi connectivity index (χ0n) is 9.34. The smallest absolute Gasteiger partial charge is 0.187 e. The molecule has 0 unspecified atom stereocenters. The van der Waals surface area contributed by atoms with Crippen molar-refractivity contribution in [3.8, 4) is 0 Å². The van der Waals surface area contributed by atoms with Crippen molar-refractivity contribution < 1.29 is 4.79 Å². The molecule has 2 aromatic heterocycles. The summed E-state index contributed by atoms with van der Waals surface area (Å²) in [6, 6.07) is 5.56. The minimum atomic E-state index is 0.0109. The Bertz CT molecular complexity index is 516. The minimum Gasteiger partial charge on any atom is -0.292 e. The number of ketones is 1. The molecule has 82 valence electrons. The van der Waals surface area contributed by atoms with Crippen molar-refractivity contribution >= 4 is 5.78 Å². The summed E-state index contributed by atoms with van der Waals surface area (Å²) in [5.74, 6) is 0.0109. The quantitative estimate of drug-likeness (QED) is 0.730. The van der Waals surface area contributed by atoms with Gasteiger partial charge in [-0.05, 0) is 24.6 Å². The van der Waals surface area contributed by atoms with Crippen LogP contribution in [0, 0.1) is 6.92 Å². The van der Waals surface area contributed by atoms with E-state index in [-0.39, 0.29) is 5.78 Å². The average molecular weight is 215 g/mol. The lowest BCUT2D eigenvalue weighted by atomic mass is 10.1. The normalized spacial score (nSPS) is 10.4. The maximum atomic E-state index is 11.9. The number of hydrogen-bond donors (Lipinski definition) is 0. The fraction of sp³-hybridized carbons (Fsp3) is 0.250. The number of pyridine rings is 1. The lowest BCUT2D eigenvalue weighted by Crippen LogP contribution is -2.08. The minimum absolute atomic E-state index is 0.0109. The van der Waals surface area contributed by atoms with Crippen molar-refractivity contribution in [1.82, 2.24) is 14.8 Å². The monoisotopic (exact) mass is 215 g/mol. The third-order valence-corrected chi connectivity index (χ3v) is 2.38. The van der Waals surface area contributed by atoms with Gasteiger partial charge in [-0.25, -0.2) is 0 Å². The van der Waals surface area contributed by atoms with Gasteiger partial charge in [-0.3, -0.25) is 14.5 Å². The number of rotatable bonds is 3. The summed E-state index contributed by atoms with van der Waals surface area (Å²) in [5.41, 5.74) is 2.22. The molecule has 2 rings (SSSR count). The van der Waals surface area contributed by atoms with Crippen LogP contribution >= 0.6 is 0 Å². The summed E-state index contributed by atoms with van der Waals surface area (Å²) in [6.07, 6.45) is 3.77. The molecule has 2 aromatic rings. The van der Waals surface area contributed by atoms with Crippen LogP contribution in [0.15, 0.2) is 30.6 Å². The van der Waals surface area contributed by atoms with E-state index in [1.165, 1.54) is 0 Å². The van der Waals surface area contributed by atoms with Crippen molar-refractivity contribution in [1.29, 1.82) is 0 Å². The molecule has 0 saturated heterocycles. The third kappa shape index (κ3) is 2.16. The van der Waals surface area contributed by atoms with Gasteiger partial charge in [0, 0.05) is 19.4 Å². The van der Waals surface area contributed by atoms with Crippen LogP contribution < -0.4 is 0 Å². The first-order chi connectivity index (χ1) is 7.66. The summed E-state index contributed by atoms with van der Waals surface area (Å²) in [5, 5.41) is 4.17. The SMILES string of the molecule is Cc1cccnc1C(=O)Cc1ccn(C)n1. The van der Waals surface area contributed by atoms with Crippen LogP contribution in [0.5, 0.6) is 0 Å². The van der Waals surface area contributed by atoms with Crippen LogP contribution in [-0.4, -0.2) is 20.5 Å². The molecular formula is C12H13N3O. The molecule has 0 fully saturated rings. The molecule has 0 aliphatic carbocycles. The van der Waals surface area contributed by atoms with E-state index >= 15 is 0 Å². The maximum absolute atomic E-state index is 11.9. The van der Waals surface area contributed by atoms with Crippen molar-refractivity contribution in [3.05, 3.63) is 47.5 Å². The molecule has 0 aliphatic heterocycles. The Morgan fingerprint density at radius 2 is 2.25 bits per heavy atom. The summed E-state index contributed by atoms with van der Waals surface area (Å²) in [4.78, 5) is 16.0. The number of hydrogen-bond acceptors (Lipinski definition) is 3. The summed E-state index contributed by atoms with van der Waals surface area (Å²) < 4.78 is 1.69. The van der Waals surface area contributed by atoms with E-state index in [0.717, 1.165) is 11.3 Å². The summed E-state index contributed by atoms with van der Waals surface area (Å²) in [6.45, 7) is 1.89. The molecule has 0 aromatic carbocycles. The van der Waals surface area contributed by atoms with Crippen LogP contribution in [0.3, 0.4) is 0 Å². The van der Waals surface area contributed by atoms with Crippen molar-refractivity contribution in [2.24, 2.45) is 7.05 Å². The van der Waals surface area contributed by atoms with Crippen molar-refractivity contribution in [2.75, 3.05) is 0 Å². The lowest BCUT2D eigenvalue weighted by molar-refractivity contribution is 0.0986. The Morgan fingerprint density at radius 3 is 2.88 bits per heavy atom. The molecular weight excluding hydrogens is 202 g/mol. The van der Waals surface area contributed by atoms with E-state index in [1.807, 2.05) is 38.4 Å². The Kier molecular flexibility index (Phi) is 2.81. The van der Waals surface area contributed by atoms with E-state index in [1.54, 1.807) is 10.9 Å². The van der Waals surface area contributed by atoms with E-state index in [2.05, 4.69) is 10.1 Å². The number of aromatic nitrogens is 3. The molecule has 0 radical (unpaired) electrons. The molecule has 0 N–H and O–H groups in total. The highest BCUT2D eigenvalue weighted by molar-refractivity contribution is 5.96. The number of nitrogens with zero attached hydrogens (tertiary/aromatic N) is 3. The highest BCUT2D eigenvalue weighted by atomic mass is 16.1. The Labute approximate surface area is 93.9 Å². The van der Waals surface area contributed by atoms with Gasteiger partial charge in [0.2, 0.25) is 0 Å². The largest absolute Gasteiger partial charge is 0.292 e. The lowest BCUT2D eigenvalue weighted by Gasteiger charge is -2.01. The van der Waals surface area contributed by atoms with Crippen LogP contribution in [0.2, 0.25) is 0 Å². The van der Waals surface area contributed by atoms with Crippen LogP contribution in [0.4, 0.5) is 0 Å². The second-order valence-electron chi connectivity index (χ2n) is 3.75. The number of aryl methyl sites for hydroxylation is 2. The topological polar surface area (TPSA) is 47.8 Å². The average Bonchev–Trinajstić information content (AvgIpc) is 2.64. The first-order valence-corrected chi connectivity index (χ1v) is 5.10. The summed E-state index contributed by atoms with van der Waals surface area (Å²) >= 11 is 0. The van der Waals surface area contributed by atoms with Gasteiger partial charge in [0.15, 0.2) is 5.78 Å². The number of carbonyl (C=O) groups excluding carboxylic acids is 1. The molecule has 0 saturated carbocycles. The fourth-order valence-corrected chi connectivity index (χ4v) is 1.58. The van der Waals surface area contributed by atoms with Gasteiger partial charge in [0.25, 0.3) is 0 Å². The third-order valence-electron chi connectivity index (χ3n) is 2.38. The molecule has 4 heteroatoms. The van der Waals surface area contributed by atoms with Gasteiger partial charge < -0.3 is 0 Å². The van der Waals surface area contributed by atoms with Crippen LogP contribution in [0.1, 0.15) is 21.7 Å². The van der Waals surface area contributed by atoms with Gasteiger partial charge >= 0.3 is 0 Å². The fourth-order valence-electron chi connectivity index (χ4n) is 1.58. The van der Waals surface area contributed by atoms with E-state index in [9.17, 15) is 4.79 Å². The maximum Gasteiger partial charge on any atom is 0.187 e. The van der Waals surface area contributed by atoms with Crippen LogP contribution in [-0.2, 0) is 13.5 Å². The second-order valence-corrected chi connectivity index (χ2v) is 3.75. The first-order valence-electron chi connectivity index (χ1n) is 5.10. The summed E-state index contributed by atoms with van der Waals surface area (Å²) in [7, 11) is 1.83. The van der Waals surface area contributed by atoms with E-state index in [0.29, 0.717) is 12.1 Å². The zero-order chi connectivity index (χ0) is 11.5. The number of Topliss-reactive ketones (excluding diaryl/α,β-unsaturated/α-hetero) is 1. The molecule has 0 spiro atoms. The van der Waals surface area contributed by atoms with Gasteiger partial charge in [-0.15, -0.1) is 0 Å². The van der Waals surface area contributed by atoms with Crippen molar-refractivity contribution in [3.63, 3.8) is 0 Å². The Morgan fingerprint density at radius 1 is 1.44 bits per heavy atom. The highest BCUT2D eigenvalue weighted by Crippen LogP contribution is 2.07. The Hall–Kier alpha value is -1.97. The molecule has 0 bridgehead atoms. The molecule has 0 aliphatic rings. The zero-order valence-corrected chi connectivity index (χ0v) is 9.34. The molecule has 0 atom stereocenters. The standard InChI is InChI=1S/C12H13N3O/c1-9-4-3-6-13-12(9)11(16)8-10-5-7-15(2)14-10/h3-7H,8H2,1-2H3.